The van der Waals surface area contributed by atoms with E-state index in [0.29, 0.717) is 5.75 Å². The van der Waals surface area contributed by atoms with Gasteiger partial charge in [0.25, 0.3) is 0 Å². The molecule has 18 heavy (non-hydrogen) atoms. The van der Waals surface area contributed by atoms with Crippen molar-refractivity contribution in [2.75, 3.05) is 0 Å². The first-order chi connectivity index (χ1) is 8.83. The minimum atomic E-state index is 0.296. The smallest absolute Gasteiger partial charge is 0.122 e. The molecule has 2 aromatic rings. The summed E-state index contributed by atoms with van der Waals surface area (Å²) in [7, 11) is 0. The summed E-state index contributed by atoms with van der Waals surface area (Å²) in [5.74, 6) is 0.296. The topological polar surface area (TPSA) is 32.6 Å². The van der Waals surface area contributed by atoms with Gasteiger partial charge in [-0.05, 0) is 29.8 Å². The number of phenols is 1. The number of aromatic hydroxyl groups is 1. The third kappa shape index (κ3) is 2.05. The molecule has 0 spiro atoms. The van der Waals surface area contributed by atoms with E-state index in [1.807, 2.05) is 48.6 Å². The SMILES string of the molecule is Oc1ccccc1/C=C/C1=Nc2ccccc2C1. The maximum Gasteiger partial charge on any atom is 0.122 e. The maximum atomic E-state index is 9.67. The van der Waals surface area contributed by atoms with Crippen LogP contribution < -0.4 is 0 Å². The van der Waals surface area contributed by atoms with E-state index in [-0.39, 0.29) is 0 Å². The molecule has 0 saturated carbocycles. The molecule has 0 fully saturated rings. The molecular weight excluding hydrogens is 222 g/mol. The van der Waals surface area contributed by atoms with E-state index >= 15 is 0 Å². The lowest BCUT2D eigenvalue weighted by Gasteiger charge is -1.97. The van der Waals surface area contributed by atoms with E-state index in [4.69, 9.17) is 0 Å². The average Bonchev–Trinajstić information content (AvgIpc) is 2.80. The van der Waals surface area contributed by atoms with Crippen molar-refractivity contribution in [3.63, 3.8) is 0 Å². The molecule has 0 amide bonds. The Bertz CT molecular complexity index is 641. The van der Waals surface area contributed by atoms with Gasteiger partial charge in [0.2, 0.25) is 0 Å². The lowest BCUT2D eigenvalue weighted by atomic mass is 10.1. The fourth-order valence-electron chi connectivity index (χ4n) is 2.07. The molecule has 0 aliphatic carbocycles. The summed E-state index contributed by atoms with van der Waals surface area (Å²) in [6, 6.07) is 15.4. The van der Waals surface area contributed by atoms with Crippen LogP contribution in [0.5, 0.6) is 5.75 Å². The number of aliphatic imine (C=N–C) groups is 1. The second kappa shape index (κ2) is 4.49. The number of rotatable bonds is 2. The van der Waals surface area contributed by atoms with Gasteiger partial charge in [0.15, 0.2) is 0 Å². The number of phenolic OH excluding ortho intramolecular Hbond substituents is 1. The molecule has 2 aromatic carbocycles. The van der Waals surface area contributed by atoms with Crippen molar-refractivity contribution in [3.8, 4) is 5.75 Å². The van der Waals surface area contributed by atoms with Gasteiger partial charge in [0.1, 0.15) is 5.75 Å². The number of allylic oxidation sites excluding steroid dienone is 1. The molecule has 0 bridgehead atoms. The zero-order valence-electron chi connectivity index (χ0n) is 9.88. The van der Waals surface area contributed by atoms with Crippen molar-refractivity contribution in [2.24, 2.45) is 4.99 Å². The molecule has 2 heteroatoms. The first kappa shape index (κ1) is 10.8. The van der Waals surface area contributed by atoms with Crippen LogP contribution in [0.1, 0.15) is 11.1 Å². The van der Waals surface area contributed by atoms with E-state index in [2.05, 4.69) is 11.1 Å². The minimum absolute atomic E-state index is 0.296. The molecule has 1 N–H and O–H groups in total. The van der Waals surface area contributed by atoms with Gasteiger partial charge in [-0.25, -0.2) is 0 Å². The standard InChI is InChI=1S/C16H13NO/c18-16-8-4-2-5-12(16)9-10-14-11-13-6-1-3-7-15(13)17-14/h1-10,18H,11H2/b10-9+. The molecule has 2 nitrogen and oxygen atoms in total. The summed E-state index contributed by atoms with van der Waals surface area (Å²) in [6.45, 7) is 0. The normalized spacial score (nSPS) is 13.7. The second-order valence-corrected chi connectivity index (χ2v) is 4.30. The summed E-state index contributed by atoms with van der Waals surface area (Å²) in [5, 5.41) is 9.67. The molecule has 1 heterocycles. The summed E-state index contributed by atoms with van der Waals surface area (Å²) < 4.78 is 0. The predicted octanol–water partition coefficient (Wildman–Crippen LogP) is 3.73. The Morgan fingerprint density at radius 1 is 0.944 bits per heavy atom. The molecule has 3 rings (SSSR count). The van der Waals surface area contributed by atoms with Crippen LogP contribution in [0.25, 0.3) is 6.08 Å². The Balaban J connectivity index is 1.82. The summed E-state index contributed by atoms with van der Waals surface area (Å²) in [5.41, 5.74) is 4.15. The number of hydrogen-bond acceptors (Lipinski definition) is 2. The van der Waals surface area contributed by atoms with E-state index in [0.717, 1.165) is 23.4 Å². The van der Waals surface area contributed by atoms with Crippen LogP contribution >= 0.6 is 0 Å². The van der Waals surface area contributed by atoms with E-state index in [9.17, 15) is 5.11 Å². The molecule has 0 aromatic heterocycles. The number of fused-ring (bicyclic) bond motifs is 1. The van der Waals surface area contributed by atoms with Crippen LogP contribution in [0.4, 0.5) is 5.69 Å². The molecule has 0 radical (unpaired) electrons. The zero-order valence-corrected chi connectivity index (χ0v) is 9.88. The molecule has 1 aliphatic heterocycles. The van der Waals surface area contributed by atoms with Gasteiger partial charge < -0.3 is 5.11 Å². The monoisotopic (exact) mass is 235 g/mol. The highest BCUT2D eigenvalue weighted by Crippen LogP contribution is 2.26. The third-order valence-corrected chi connectivity index (χ3v) is 3.02. The molecular formula is C16H13NO. The van der Waals surface area contributed by atoms with Gasteiger partial charge in [0, 0.05) is 17.7 Å². The number of benzene rings is 2. The molecule has 0 atom stereocenters. The van der Waals surface area contributed by atoms with Crippen molar-refractivity contribution in [1.29, 1.82) is 0 Å². The maximum absolute atomic E-state index is 9.67. The Hall–Kier alpha value is -2.35. The van der Waals surface area contributed by atoms with E-state index < -0.39 is 0 Å². The Morgan fingerprint density at radius 3 is 2.56 bits per heavy atom. The van der Waals surface area contributed by atoms with Gasteiger partial charge in [-0.2, -0.15) is 0 Å². The van der Waals surface area contributed by atoms with Crippen molar-refractivity contribution in [2.45, 2.75) is 6.42 Å². The third-order valence-electron chi connectivity index (χ3n) is 3.02. The highest BCUT2D eigenvalue weighted by atomic mass is 16.3. The Labute approximate surface area is 106 Å². The molecule has 1 aliphatic rings. The van der Waals surface area contributed by atoms with Crippen molar-refractivity contribution in [1.82, 2.24) is 0 Å². The van der Waals surface area contributed by atoms with Gasteiger partial charge in [-0.3, -0.25) is 4.99 Å². The highest BCUT2D eigenvalue weighted by molar-refractivity contribution is 6.04. The van der Waals surface area contributed by atoms with Crippen LogP contribution in [0.2, 0.25) is 0 Å². The highest BCUT2D eigenvalue weighted by Gasteiger charge is 2.10. The zero-order chi connectivity index (χ0) is 12.4. The van der Waals surface area contributed by atoms with Crippen LogP contribution in [-0.2, 0) is 6.42 Å². The van der Waals surface area contributed by atoms with Crippen LogP contribution in [0.15, 0.2) is 59.6 Å². The summed E-state index contributed by atoms with van der Waals surface area (Å²) in [6.07, 6.45) is 4.73. The van der Waals surface area contributed by atoms with Crippen LogP contribution in [-0.4, -0.2) is 10.8 Å². The quantitative estimate of drug-likeness (QED) is 0.845. The fourth-order valence-corrected chi connectivity index (χ4v) is 2.07. The lowest BCUT2D eigenvalue weighted by molar-refractivity contribution is 0.474. The van der Waals surface area contributed by atoms with Crippen molar-refractivity contribution in [3.05, 3.63) is 65.7 Å². The average molecular weight is 235 g/mol. The van der Waals surface area contributed by atoms with Crippen LogP contribution in [0, 0.1) is 0 Å². The summed E-state index contributed by atoms with van der Waals surface area (Å²) in [4.78, 5) is 4.54. The minimum Gasteiger partial charge on any atom is -0.507 e. The number of nitrogens with zero attached hydrogens (tertiary/aromatic N) is 1. The van der Waals surface area contributed by atoms with Crippen molar-refractivity contribution >= 4 is 17.5 Å². The first-order valence-corrected chi connectivity index (χ1v) is 5.94. The number of para-hydroxylation sites is 2. The van der Waals surface area contributed by atoms with Crippen LogP contribution in [0.3, 0.4) is 0 Å². The summed E-state index contributed by atoms with van der Waals surface area (Å²) >= 11 is 0. The van der Waals surface area contributed by atoms with E-state index in [1.54, 1.807) is 6.07 Å². The Kier molecular flexibility index (Phi) is 2.69. The van der Waals surface area contributed by atoms with E-state index in [1.165, 1.54) is 5.56 Å². The van der Waals surface area contributed by atoms with Gasteiger partial charge in [-0.1, -0.05) is 36.4 Å². The van der Waals surface area contributed by atoms with Gasteiger partial charge in [-0.15, -0.1) is 0 Å². The fraction of sp³-hybridized carbons (Fsp3) is 0.0625. The molecule has 88 valence electrons. The predicted molar refractivity (Wildman–Crippen MR) is 74.4 cm³/mol. The van der Waals surface area contributed by atoms with Gasteiger partial charge in [0.05, 0.1) is 5.69 Å². The lowest BCUT2D eigenvalue weighted by Crippen LogP contribution is -1.91. The molecule has 0 saturated heterocycles. The Morgan fingerprint density at radius 2 is 1.72 bits per heavy atom. The van der Waals surface area contributed by atoms with Gasteiger partial charge >= 0.3 is 0 Å². The number of hydrogen-bond donors (Lipinski definition) is 1. The van der Waals surface area contributed by atoms with Crippen molar-refractivity contribution < 1.29 is 5.11 Å². The largest absolute Gasteiger partial charge is 0.507 e. The second-order valence-electron chi connectivity index (χ2n) is 4.30. The first-order valence-electron chi connectivity index (χ1n) is 5.94. The molecule has 0 unspecified atom stereocenters.